The van der Waals surface area contributed by atoms with Crippen LogP contribution in [0.15, 0.2) is 18.2 Å². The molecule has 0 heterocycles. The number of likely N-dealkylation sites (N-methyl/N-ethyl adjacent to an activating group) is 1. The van der Waals surface area contributed by atoms with E-state index in [0.29, 0.717) is 6.04 Å². The van der Waals surface area contributed by atoms with Crippen LogP contribution in [0.2, 0.25) is 0 Å². The van der Waals surface area contributed by atoms with E-state index >= 15 is 0 Å². The molecule has 0 saturated heterocycles. The number of benzene rings is 1. The van der Waals surface area contributed by atoms with Gasteiger partial charge in [-0.05, 0) is 68.7 Å². The highest BCUT2D eigenvalue weighted by Gasteiger charge is 2.26. The van der Waals surface area contributed by atoms with Gasteiger partial charge in [-0.25, -0.2) is 0 Å². The Morgan fingerprint density at radius 1 is 1.10 bits per heavy atom. The number of hydrogen-bond donors (Lipinski definition) is 1. The monoisotopic (exact) mass is 287 g/mol. The second-order valence-corrected chi connectivity index (χ2v) is 7.09. The van der Waals surface area contributed by atoms with Gasteiger partial charge in [0.1, 0.15) is 0 Å². The molecule has 0 aromatic heterocycles. The van der Waals surface area contributed by atoms with Gasteiger partial charge >= 0.3 is 0 Å². The Balaban J connectivity index is 1.92. The van der Waals surface area contributed by atoms with Crippen LogP contribution in [-0.4, -0.2) is 13.1 Å². The molecule has 1 nitrogen and oxygen atoms in total. The van der Waals surface area contributed by atoms with Gasteiger partial charge in [-0.2, -0.15) is 0 Å². The van der Waals surface area contributed by atoms with E-state index in [2.05, 4.69) is 51.3 Å². The first-order valence-corrected chi connectivity index (χ1v) is 8.87. The van der Waals surface area contributed by atoms with Crippen molar-refractivity contribution in [1.82, 2.24) is 5.32 Å². The second kappa shape index (κ2) is 7.98. The summed E-state index contributed by atoms with van der Waals surface area (Å²) >= 11 is 0. The fraction of sp³-hybridized carbons (Fsp3) is 0.700. The van der Waals surface area contributed by atoms with Gasteiger partial charge in [0.25, 0.3) is 0 Å². The molecular weight excluding hydrogens is 254 g/mol. The summed E-state index contributed by atoms with van der Waals surface area (Å²) in [6.07, 6.45) is 9.71. The van der Waals surface area contributed by atoms with Crippen LogP contribution in [0.25, 0.3) is 0 Å². The molecule has 1 atom stereocenters. The van der Waals surface area contributed by atoms with E-state index in [1.807, 2.05) is 0 Å². The Morgan fingerprint density at radius 2 is 1.81 bits per heavy atom. The van der Waals surface area contributed by atoms with Crippen molar-refractivity contribution in [3.05, 3.63) is 34.9 Å². The Hall–Kier alpha value is -0.820. The van der Waals surface area contributed by atoms with Gasteiger partial charge in [0.2, 0.25) is 0 Å². The van der Waals surface area contributed by atoms with E-state index in [9.17, 15) is 0 Å². The van der Waals surface area contributed by atoms with Crippen LogP contribution in [0.3, 0.4) is 0 Å². The Morgan fingerprint density at radius 3 is 2.38 bits per heavy atom. The van der Waals surface area contributed by atoms with Crippen molar-refractivity contribution in [1.29, 1.82) is 0 Å². The van der Waals surface area contributed by atoms with E-state index in [1.165, 1.54) is 61.6 Å². The third kappa shape index (κ3) is 4.57. The summed E-state index contributed by atoms with van der Waals surface area (Å²) in [7, 11) is 2.14. The number of aryl methyl sites for hydroxylation is 2. The van der Waals surface area contributed by atoms with Crippen LogP contribution < -0.4 is 5.32 Å². The van der Waals surface area contributed by atoms with Gasteiger partial charge in [0, 0.05) is 6.04 Å². The molecule has 1 aliphatic carbocycles. The van der Waals surface area contributed by atoms with Gasteiger partial charge in [-0.1, -0.05) is 50.8 Å². The molecule has 1 heteroatoms. The molecule has 1 aromatic carbocycles. The lowest BCUT2D eigenvalue weighted by atomic mass is 9.76. The third-order valence-electron chi connectivity index (χ3n) is 5.56. The Bertz CT molecular complexity index is 429. The maximum Gasteiger partial charge on any atom is 0.0133 e. The molecule has 0 amide bonds. The number of hydrogen-bond acceptors (Lipinski definition) is 1. The van der Waals surface area contributed by atoms with E-state index in [0.717, 1.165) is 11.8 Å². The average molecular weight is 287 g/mol. The van der Waals surface area contributed by atoms with E-state index in [1.54, 1.807) is 0 Å². The lowest BCUT2D eigenvalue weighted by Gasteiger charge is -2.34. The summed E-state index contributed by atoms with van der Waals surface area (Å²) in [4.78, 5) is 0. The molecule has 1 unspecified atom stereocenters. The smallest absolute Gasteiger partial charge is 0.0133 e. The highest BCUT2D eigenvalue weighted by atomic mass is 14.9. The Kier molecular flexibility index (Phi) is 6.29. The molecule has 0 bridgehead atoms. The number of rotatable bonds is 6. The maximum atomic E-state index is 3.60. The van der Waals surface area contributed by atoms with E-state index in [4.69, 9.17) is 0 Å². The standard InChI is InChI=1S/C20H33N/c1-5-6-17-9-11-19(12-10-17)20(21-4)14-18-8-7-15(2)16(3)13-18/h7-8,13,17,19-21H,5-6,9-12,14H2,1-4H3. The molecule has 0 radical (unpaired) electrons. The summed E-state index contributed by atoms with van der Waals surface area (Å²) < 4.78 is 0. The quantitative estimate of drug-likeness (QED) is 0.773. The fourth-order valence-corrected chi connectivity index (χ4v) is 3.98. The van der Waals surface area contributed by atoms with Crippen molar-refractivity contribution < 1.29 is 0 Å². The third-order valence-corrected chi connectivity index (χ3v) is 5.56. The molecule has 1 aliphatic rings. The summed E-state index contributed by atoms with van der Waals surface area (Å²) in [5, 5.41) is 3.60. The zero-order chi connectivity index (χ0) is 15.2. The first-order valence-electron chi connectivity index (χ1n) is 8.87. The molecule has 0 aliphatic heterocycles. The molecule has 118 valence electrons. The molecule has 1 aromatic rings. The van der Waals surface area contributed by atoms with Crippen LogP contribution in [0.5, 0.6) is 0 Å². The van der Waals surface area contributed by atoms with Crippen molar-refractivity contribution in [2.75, 3.05) is 7.05 Å². The summed E-state index contributed by atoms with van der Waals surface area (Å²) in [6.45, 7) is 6.75. The zero-order valence-corrected chi connectivity index (χ0v) is 14.4. The van der Waals surface area contributed by atoms with Crippen LogP contribution in [0.4, 0.5) is 0 Å². The molecule has 0 spiro atoms. The fourth-order valence-electron chi connectivity index (χ4n) is 3.98. The Labute approximate surface area is 131 Å². The van der Waals surface area contributed by atoms with Gasteiger partial charge < -0.3 is 5.32 Å². The largest absolute Gasteiger partial charge is 0.316 e. The lowest BCUT2D eigenvalue weighted by molar-refractivity contribution is 0.217. The second-order valence-electron chi connectivity index (χ2n) is 7.09. The number of nitrogens with one attached hydrogen (secondary N) is 1. The first-order chi connectivity index (χ1) is 10.1. The topological polar surface area (TPSA) is 12.0 Å². The highest BCUT2D eigenvalue weighted by Crippen LogP contribution is 2.34. The van der Waals surface area contributed by atoms with Gasteiger partial charge in [0.05, 0.1) is 0 Å². The lowest BCUT2D eigenvalue weighted by Crippen LogP contribution is -2.37. The van der Waals surface area contributed by atoms with Crippen molar-refractivity contribution in [2.24, 2.45) is 11.8 Å². The zero-order valence-electron chi connectivity index (χ0n) is 14.4. The summed E-state index contributed by atoms with van der Waals surface area (Å²) in [5.41, 5.74) is 4.32. The first kappa shape index (κ1) is 16.5. The minimum atomic E-state index is 0.648. The van der Waals surface area contributed by atoms with Crippen molar-refractivity contribution in [2.45, 2.75) is 71.8 Å². The van der Waals surface area contributed by atoms with Gasteiger partial charge in [0.15, 0.2) is 0 Å². The normalized spacial score (nSPS) is 24.0. The highest BCUT2D eigenvalue weighted by molar-refractivity contribution is 5.30. The summed E-state index contributed by atoms with van der Waals surface area (Å²) in [6, 6.07) is 7.61. The van der Waals surface area contributed by atoms with Crippen molar-refractivity contribution >= 4 is 0 Å². The summed E-state index contributed by atoms with van der Waals surface area (Å²) in [5.74, 6) is 1.87. The molecule has 1 saturated carbocycles. The van der Waals surface area contributed by atoms with Crippen LogP contribution >= 0.6 is 0 Å². The maximum absolute atomic E-state index is 3.60. The van der Waals surface area contributed by atoms with Gasteiger partial charge in [-0.15, -0.1) is 0 Å². The molecule has 21 heavy (non-hydrogen) atoms. The molecule has 2 rings (SSSR count). The minimum absolute atomic E-state index is 0.648. The molecule has 1 fully saturated rings. The molecular formula is C20H33N. The minimum Gasteiger partial charge on any atom is -0.316 e. The SMILES string of the molecule is CCCC1CCC(C(Cc2ccc(C)c(C)c2)NC)CC1. The van der Waals surface area contributed by atoms with Crippen molar-refractivity contribution in [3.8, 4) is 0 Å². The predicted molar refractivity (Wildman–Crippen MR) is 92.8 cm³/mol. The van der Waals surface area contributed by atoms with Crippen molar-refractivity contribution in [3.63, 3.8) is 0 Å². The predicted octanol–water partition coefficient (Wildman–Crippen LogP) is 5.04. The van der Waals surface area contributed by atoms with E-state index < -0.39 is 0 Å². The average Bonchev–Trinajstić information content (AvgIpc) is 2.50. The molecule has 1 N–H and O–H groups in total. The van der Waals surface area contributed by atoms with Crippen LogP contribution in [0.1, 0.15) is 62.1 Å². The van der Waals surface area contributed by atoms with Gasteiger partial charge in [-0.3, -0.25) is 0 Å². The van der Waals surface area contributed by atoms with Crippen LogP contribution in [0, 0.1) is 25.7 Å². The van der Waals surface area contributed by atoms with E-state index in [-0.39, 0.29) is 0 Å². The van der Waals surface area contributed by atoms with Crippen LogP contribution in [-0.2, 0) is 6.42 Å².